The molecule has 0 amide bonds. The highest BCUT2D eigenvalue weighted by Crippen LogP contribution is 2.35. The Morgan fingerprint density at radius 1 is 0.931 bits per heavy atom. The third-order valence-corrected chi connectivity index (χ3v) is 5.32. The van der Waals surface area contributed by atoms with Crippen LogP contribution in [0.3, 0.4) is 0 Å². The molecule has 150 valence electrons. The molecular weight excluding hydrogens is 374 g/mol. The zero-order valence-corrected chi connectivity index (χ0v) is 15.8. The smallest absolute Gasteiger partial charge is 0.344 e. The Morgan fingerprint density at radius 3 is 2.55 bits per heavy atom. The molecule has 7 heteroatoms. The van der Waals surface area contributed by atoms with Crippen LogP contribution in [-0.2, 0) is 11.3 Å². The number of phenols is 1. The van der Waals surface area contributed by atoms with Crippen LogP contribution < -0.4 is 15.1 Å². The molecule has 0 radical (unpaired) electrons. The predicted octanol–water partition coefficient (Wildman–Crippen LogP) is 2.77. The molecule has 1 N–H and O–H groups in total. The summed E-state index contributed by atoms with van der Waals surface area (Å²) >= 11 is 0. The van der Waals surface area contributed by atoms with E-state index < -0.39 is 5.63 Å². The van der Waals surface area contributed by atoms with Crippen molar-refractivity contribution in [3.63, 3.8) is 0 Å². The third-order valence-electron chi connectivity index (χ3n) is 5.32. The Balaban J connectivity index is 1.56. The number of phenolic OH excluding ortho intramolecular Hbond substituents is 1. The van der Waals surface area contributed by atoms with Gasteiger partial charge in [0.2, 0.25) is 0 Å². The molecule has 3 heterocycles. The van der Waals surface area contributed by atoms with Crippen LogP contribution >= 0.6 is 0 Å². The lowest BCUT2D eigenvalue weighted by Gasteiger charge is -2.27. The second-order valence-electron chi connectivity index (χ2n) is 7.18. The molecule has 1 aromatic heterocycles. The summed E-state index contributed by atoms with van der Waals surface area (Å²) in [5.74, 6) is 1.41. The average molecular weight is 395 g/mol. The van der Waals surface area contributed by atoms with E-state index in [1.807, 2.05) is 6.07 Å². The summed E-state index contributed by atoms with van der Waals surface area (Å²) < 4.78 is 22.3. The van der Waals surface area contributed by atoms with Crippen molar-refractivity contribution in [2.75, 3.05) is 39.5 Å². The van der Waals surface area contributed by atoms with Crippen molar-refractivity contribution in [2.45, 2.75) is 6.54 Å². The SMILES string of the molecule is O=c1oc2c(CN3CCOCC3)c(O)ccc2cc1-c1ccc2c(c1)OCCO2. The van der Waals surface area contributed by atoms with Gasteiger partial charge in [0.25, 0.3) is 0 Å². The highest BCUT2D eigenvalue weighted by Gasteiger charge is 2.19. The fourth-order valence-electron chi connectivity index (χ4n) is 3.78. The van der Waals surface area contributed by atoms with E-state index in [-0.39, 0.29) is 5.75 Å². The third kappa shape index (κ3) is 3.43. The first-order chi connectivity index (χ1) is 14.2. The quantitative estimate of drug-likeness (QED) is 0.683. The summed E-state index contributed by atoms with van der Waals surface area (Å²) in [7, 11) is 0. The molecule has 1 saturated heterocycles. The van der Waals surface area contributed by atoms with E-state index in [9.17, 15) is 9.90 Å². The molecule has 7 nitrogen and oxygen atoms in total. The fourth-order valence-corrected chi connectivity index (χ4v) is 3.78. The minimum Gasteiger partial charge on any atom is -0.507 e. The average Bonchev–Trinajstić information content (AvgIpc) is 2.76. The van der Waals surface area contributed by atoms with Gasteiger partial charge in [0.1, 0.15) is 24.5 Å². The molecule has 2 aromatic carbocycles. The number of rotatable bonds is 3. The van der Waals surface area contributed by atoms with Gasteiger partial charge in [-0.2, -0.15) is 0 Å². The summed E-state index contributed by atoms with van der Waals surface area (Å²) in [5, 5.41) is 11.2. The Hall–Kier alpha value is -3.03. The number of morpholine rings is 1. The van der Waals surface area contributed by atoms with Crippen molar-refractivity contribution in [3.05, 3.63) is 52.4 Å². The molecule has 0 unspecified atom stereocenters. The Labute approximate surface area is 167 Å². The van der Waals surface area contributed by atoms with Crippen LogP contribution in [0.15, 0.2) is 45.6 Å². The maximum atomic E-state index is 12.8. The molecule has 1 fully saturated rings. The van der Waals surface area contributed by atoms with Gasteiger partial charge in [0, 0.05) is 25.0 Å². The van der Waals surface area contributed by atoms with E-state index in [0.29, 0.717) is 66.7 Å². The van der Waals surface area contributed by atoms with Gasteiger partial charge >= 0.3 is 5.63 Å². The number of hydrogen-bond acceptors (Lipinski definition) is 7. The van der Waals surface area contributed by atoms with Crippen molar-refractivity contribution in [1.29, 1.82) is 0 Å². The highest BCUT2D eigenvalue weighted by molar-refractivity contribution is 5.86. The fraction of sp³-hybridized carbons (Fsp3) is 0.318. The zero-order chi connectivity index (χ0) is 19.8. The number of fused-ring (bicyclic) bond motifs is 2. The molecule has 2 aliphatic rings. The zero-order valence-electron chi connectivity index (χ0n) is 15.8. The first kappa shape index (κ1) is 18.0. The first-order valence-corrected chi connectivity index (χ1v) is 9.68. The normalized spacial score (nSPS) is 16.8. The summed E-state index contributed by atoms with van der Waals surface area (Å²) in [6.45, 7) is 4.35. The molecule has 0 spiro atoms. The van der Waals surface area contributed by atoms with E-state index in [4.69, 9.17) is 18.6 Å². The van der Waals surface area contributed by atoms with Crippen LogP contribution in [0.2, 0.25) is 0 Å². The van der Waals surface area contributed by atoms with Crippen LogP contribution in [0.25, 0.3) is 22.1 Å². The largest absolute Gasteiger partial charge is 0.507 e. The Kier molecular flexibility index (Phi) is 4.61. The Morgan fingerprint density at radius 2 is 1.72 bits per heavy atom. The van der Waals surface area contributed by atoms with Gasteiger partial charge in [-0.1, -0.05) is 6.07 Å². The van der Waals surface area contributed by atoms with Crippen molar-refractivity contribution in [3.8, 4) is 28.4 Å². The van der Waals surface area contributed by atoms with E-state index in [0.717, 1.165) is 18.5 Å². The molecule has 0 bridgehead atoms. The van der Waals surface area contributed by atoms with Crippen molar-refractivity contribution in [2.24, 2.45) is 0 Å². The molecular formula is C22H21NO6. The molecule has 0 aliphatic carbocycles. The maximum absolute atomic E-state index is 12.8. The van der Waals surface area contributed by atoms with E-state index in [1.165, 1.54) is 0 Å². The van der Waals surface area contributed by atoms with Gasteiger partial charge < -0.3 is 23.7 Å². The highest BCUT2D eigenvalue weighted by atomic mass is 16.6. The summed E-state index contributed by atoms with van der Waals surface area (Å²) in [6.07, 6.45) is 0. The second kappa shape index (κ2) is 7.42. The van der Waals surface area contributed by atoms with Gasteiger partial charge in [-0.25, -0.2) is 4.79 Å². The number of hydrogen-bond donors (Lipinski definition) is 1. The predicted molar refractivity (Wildman–Crippen MR) is 107 cm³/mol. The lowest BCUT2D eigenvalue weighted by atomic mass is 10.0. The van der Waals surface area contributed by atoms with Gasteiger partial charge in [-0.3, -0.25) is 4.90 Å². The molecule has 5 rings (SSSR count). The summed E-state index contributed by atoms with van der Waals surface area (Å²) in [4.78, 5) is 15.0. The number of ether oxygens (including phenoxy) is 3. The molecule has 0 saturated carbocycles. The molecule has 2 aliphatic heterocycles. The second-order valence-corrected chi connectivity index (χ2v) is 7.18. The van der Waals surface area contributed by atoms with Gasteiger partial charge in [0.15, 0.2) is 11.5 Å². The van der Waals surface area contributed by atoms with Crippen molar-refractivity contribution >= 4 is 11.0 Å². The lowest BCUT2D eigenvalue weighted by molar-refractivity contribution is 0.0339. The van der Waals surface area contributed by atoms with Crippen molar-refractivity contribution in [1.82, 2.24) is 4.90 Å². The van der Waals surface area contributed by atoms with Crippen molar-refractivity contribution < 1.29 is 23.7 Å². The van der Waals surface area contributed by atoms with Crippen LogP contribution in [-0.4, -0.2) is 49.5 Å². The summed E-state index contributed by atoms with van der Waals surface area (Å²) in [6, 6.07) is 10.6. The number of aromatic hydroxyl groups is 1. The van der Waals surface area contributed by atoms with Gasteiger partial charge in [-0.05, 0) is 35.9 Å². The van der Waals surface area contributed by atoms with Gasteiger partial charge in [0.05, 0.1) is 24.3 Å². The molecule has 29 heavy (non-hydrogen) atoms. The van der Waals surface area contributed by atoms with E-state index >= 15 is 0 Å². The lowest BCUT2D eigenvalue weighted by Crippen LogP contribution is -2.35. The standard InChI is InChI=1S/C22H21NO6/c24-18-3-1-15-11-16(14-2-4-19-20(12-14)28-10-9-27-19)22(25)29-21(15)17(18)13-23-5-7-26-8-6-23/h1-4,11-12,24H,5-10,13H2. The number of nitrogens with zero attached hydrogens (tertiary/aromatic N) is 1. The van der Waals surface area contributed by atoms with Crippen LogP contribution in [0.5, 0.6) is 17.2 Å². The number of benzene rings is 2. The van der Waals surface area contributed by atoms with Crippen LogP contribution in [0.4, 0.5) is 0 Å². The minimum atomic E-state index is -0.456. The molecule has 0 atom stereocenters. The van der Waals surface area contributed by atoms with Crippen LogP contribution in [0.1, 0.15) is 5.56 Å². The minimum absolute atomic E-state index is 0.124. The topological polar surface area (TPSA) is 81.4 Å². The Bertz CT molecular complexity index is 1120. The van der Waals surface area contributed by atoms with E-state index in [1.54, 1.807) is 30.3 Å². The summed E-state index contributed by atoms with van der Waals surface area (Å²) in [5.41, 5.74) is 1.73. The monoisotopic (exact) mass is 395 g/mol. The van der Waals surface area contributed by atoms with E-state index in [2.05, 4.69) is 4.90 Å². The molecule has 3 aromatic rings. The maximum Gasteiger partial charge on any atom is 0.344 e. The van der Waals surface area contributed by atoms with Gasteiger partial charge in [-0.15, -0.1) is 0 Å². The van der Waals surface area contributed by atoms with Crippen LogP contribution in [0, 0.1) is 0 Å². The first-order valence-electron chi connectivity index (χ1n) is 9.68.